The highest BCUT2D eigenvalue weighted by atomic mass is 35.5. The molecule has 0 aromatic heterocycles. The van der Waals surface area contributed by atoms with Gasteiger partial charge in [-0.3, -0.25) is 0 Å². The molecule has 1 N–H and O–H groups in total. The maximum atomic E-state index is 6.21. The van der Waals surface area contributed by atoms with Crippen molar-refractivity contribution in [2.24, 2.45) is 0 Å². The van der Waals surface area contributed by atoms with Crippen molar-refractivity contribution in [3.63, 3.8) is 0 Å². The number of anilines is 1. The summed E-state index contributed by atoms with van der Waals surface area (Å²) in [5.74, 6) is 0. The lowest BCUT2D eigenvalue weighted by Crippen LogP contribution is -2.39. The van der Waals surface area contributed by atoms with Gasteiger partial charge in [0.15, 0.2) is 0 Å². The molecule has 0 bridgehead atoms. The minimum absolute atomic E-state index is 0.248. The lowest BCUT2D eigenvalue weighted by Gasteiger charge is -2.36. The van der Waals surface area contributed by atoms with Crippen LogP contribution in [0.25, 0.3) is 0 Å². The van der Waals surface area contributed by atoms with Crippen molar-refractivity contribution in [2.45, 2.75) is 31.3 Å². The molecular weight excluding hydrogens is 222 g/mol. The molecule has 2 aliphatic heterocycles. The van der Waals surface area contributed by atoms with E-state index < -0.39 is 0 Å². The number of fused-ring (bicyclic) bond motifs is 2. The van der Waals surface area contributed by atoms with Gasteiger partial charge < -0.3 is 10.1 Å². The van der Waals surface area contributed by atoms with Crippen molar-refractivity contribution in [2.75, 3.05) is 18.5 Å². The number of rotatable bonds is 0. The molecule has 2 heterocycles. The summed E-state index contributed by atoms with van der Waals surface area (Å²) >= 11 is 6.21. The molecule has 0 amide bonds. The fraction of sp³-hybridized carbons (Fsp3) is 0.538. The van der Waals surface area contributed by atoms with Crippen molar-refractivity contribution in [3.05, 3.63) is 28.8 Å². The lowest BCUT2D eigenvalue weighted by atomic mass is 9.74. The van der Waals surface area contributed by atoms with E-state index in [2.05, 4.69) is 24.4 Å². The predicted molar refractivity (Wildman–Crippen MR) is 66.3 cm³/mol. The third kappa shape index (κ3) is 1.44. The molecule has 16 heavy (non-hydrogen) atoms. The van der Waals surface area contributed by atoms with Gasteiger partial charge in [0.2, 0.25) is 0 Å². The lowest BCUT2D eigenvalue weighted by molar-refractivity contribution is -0.00527. The molecule has 1 spiro atoms. The van der Waals surface area contributed by atoms with Crippen LogP contribution in [0.3, 0.4) is 0 Å². The molecule has 3 rings (SSSR count). The number of hydrogen-bond donors (Lipinski definition) is 1. The van der Waals surface area contributed by atoms with E-state index in [1.54, 1.807) is 0 Å². The van der Waals surface area contributed by atoms with Gasteiger partial charge in [0.05, 0.1) is 16.8 Å². The van der Waals surface area contributed by atoms with E-state index in [-0.39, 0.29) is 5.41 Å². The summed E-state index contributed by atoms with van der Waals surface area (Å²) in [4.78, 5) is 0. The van der Waals surface area contributed by atoms with Crippen LogP contribution in [0.2, 0.25) is 5.02 Å². The Bertz CT molecular complexity index is 420. The Balaban J connectivity index is 2.04. The minimum atomic E-state index is 0.248. The molecule has 2 aliphatic rings. The van der Waals surface area contributed by atoms with Gasteiger partial charge in [-0.05, 0) is 31.4 Å². The molecule has 1 aromatic rings. The molecule has 0 radical (unpaired) electrons. The number of para-hydroxylation sites is 1. The molecule has 2 unspecified atom stereocenters. The van der Waals surface area contributed by atoms with Crippen LogP contribution in [0.1, 0.15) is 25.3 Å². The van der Waals surface area contributed by atoms with E-state index in [4.69, 9.17) is 16.3 Å². The zero-order valence-electron chi connectivity index (χ0n) is 9.42. The second-order valence-corrected chi connectivity index (χ2v) is 5.34. The quantitative estimate of drug-likeness (QED) is 0.748. The molecule has 0 aliphatic carbocycles. The van der Waals surface area contributed by atoms with Gasteiger partial charge >= 0.3 is 0 Å². The zero-order chi connectivity index (χ0) is 11.2. The Kier molecular flexibility index (Phi) is 2.37. The average Bonchev–Trinajstić information content (AvgIpc) is 2.59. The SMILES string of the molecule is CC1CC2(CCO1)CNc1c(Cl)cccc12. The molecule has 3 heteroatoms. The average molecular weight is 238 g/mol. The summed E-state index contributed by atoms with van der Waals surface area (Å²) in [7, 11) is 0. The highest BCUT2D eigenvalue weighted by Gasteiger charge is 2.42. The van der Waals surface area contributed by atoms with Gasteiger partial charge in [-0.25, -0.2) is 0 Å². The first-order valence-corrected chi connectivity index (χ1v) is 6.24. The summed E-state index contributed by atoms with van der Waals surface area (Å²) in [6.07, 6.45) is 2.53. The number of nitrogens with one attached hydrogen (secondary N) is 1. The maximum absolute atomic E-state index is 6.21. The number of halogens is 1. The van der Waals surface area contributed by atoms with Crippen LogP contribution in [0.15, 0.2) is 18.2 Å². The van der Waals surface area contributed by atoms with Gasteiger partial charge in [0.1, 0.15) is 0 Å². The number of hydrogen-bond acceptors (Lipinski definition) is 2. The third-order valence-electron chi connectivity index (χ3n) is 3.85. The van der Waals surface area contributed by atoms with E-state index in [0.717, 1.165) is 36.7 Å². The molecule has 2 nitrogen and oxygen atoms in total. The molecule has 2 atom stereocenters. The van der Waals surface area contributed by atoms with Crippen LogP contribution in [0.5, 0.6) is 0 Å². The van der Waals surface area contributed by atoms with Gasteiger partial charge in [-0.2, -0.15) is 0 Å². The highest BCUT2D eigenvalue weighted by molar-refractivity contribution is 6.33. The number of benzene rings is 1. The summed E-state index contributed by atoms with van der Waals surface area (Å²) in [5.41, 5.74) is 2.77. The van der Waals surface area contributed by atoms with Crippen LogP contribution in [-0.4, -0.2) is 19.3 Å². The summed E-state index contributed by atoms with van der Waals surface area (Å²) in [6.45, 7) is 4.01. The van der Waals surface area contributed by atoms with E-state index in [0.29, 0.717) is 6.10 Å². The van der Waals surface area contributed by atoms with Crippen molar-refractivity contribution in [3.8, 4) is 0 Å². The Hall–Kier alpha value is -0.730. The predicted octanol–water partition coefficient (Wildman–Crippen LogP) is 3.20. The monoisotopic (exact) mass is 237 g/mol. The largest absolute Gasteiger partial charge is 0.383 e. The van der Waals surface area contributed by atoms with Crippen molar-refractivity contribution < 1.29 is 4.74 Å². The highest BCUT2D eigenvalue weighted by Crippen LogP contribution is 2.47. The molecule has 1 fully saturated rings. The Morgan fingerprint density at radius 3 is 3.19 bits per heavy atom. The van der Waals surface area contributed by atoms with Gasteiger partial charge in [-0.1, -0.05) is 23.7 Å². The summed E-state index contributed by atoms with van der Waals surface area (Å²) in [5, 5.41) is 4.30. The van der Waals surface area contributed by atoms with E-state index in [1.165, 1.54) is 5.56 Å². The Morgan fingerprint density at radius 1 is 1.50 bits per heavy atom. The van der Waals surface area contributed by atoms with E-state index in [1.807, 2.05) is 6.07 Å². The first-order chi connectivity index (χ1) is 7.71. The van der Waals surface area contributed by atoms with Gasteiger partial charge in [-0.15, -0.1) is 0 Å². The van der Waals surface area contributed by atoms with Crippen LogP contribution < -0.4 is 5.32 Å². The van der Waals surface area contributed by atoms with Crippen molar-refractivity contribution in [1.82, 2.24) is 0 Å². The van der Waals surface area contributed by atoms with E-state index >= 15 is 0 Å². The normalized spacial score (nSPS) is 32.5. The smallest absolute Gasteiger partial charge is 0.0640 e. The molecule has 1 aromatic carbocycles. The van der Waals surface area contributed by atoms with Gasteiger partial charge in [0, 0.05) is 18.6 Å². The van der Waals surface area contributed by atoms with E-state index in [9.17, 15) is 0 Å². The standard InChI is InChI=1S/C13H16ClNO/c1-9-7-13(5-6-16-9)8-15-12-10(13)3-2-4-11(12)14/h2-4,9,15H,5-8H2,1H3. The first-order valence-electron chi connectivity index (χ1n) is 5.86. The van der Waals surface area contributed by atoms with Crippen molar-refractivity contribution >= 4 is 17.3 Å². The topological polar surface area (TPSA) is 21.3 Å². The zero-order valence-corrected chi connectivity index (χ0v) is 10.2. The first kappa shape index (κ1) is 10.4. The Labute approximate surface area is 101 Å². The Morgan fingerprint density at radius 2 is 2.38 bits per heavy atom. The minimum Gasteiger partial charge on any atom is -0.383 e. The summed E-state index contributed by atoms with van der Waals surface area (Å²) < 4.78 is 5.65. The third-order valence-corrected chi connectivity index (χ3v) is 4.16. The number of ether oxygens (including phenoxy) is 1. The van der Waals surface area contributed by atoms with Crippen molar-refractivity contribution in [1.29, 1.82) is 0 Å². The maximum Gasteiger partial charge on any atom is 0.0640 e. The van der Waals surface area contributed by atoms with Gasteiger partial charge in [0.25, 0.3) is 0 Å². The second-order valence-electron chi connectivity index (χ2n) is 4.93. The van der Waals surface area contributed by atoms with Crippen LogP contribution in [-0.2, 0) is 10.2 Å². The fourth-order valence-electron chi connectivity index (χ4n) is 3.07. The molecule has 0 saturated carbocycles. The van der Waals surface area contributed by atoms with Crippen LogP contribution >= 0.6 is 11.6 Å². The molecule has 1 saturated heterocycles. The van der Waals surface area contributed by atoms with Crippen LogP contribution in [0.4, 0.5) is 5.69 Å². The molecular formula is C13H16ClNO. The fourth-order valence-corrected chi connectivity index (χ4v) is 3.31. The second kappa shape index (κ2) is 3.64. The molecule has 86 valence electrons. The van der Waals surface area contributed by atoms with Crippen LogP contribution in [0, 0.1) is 0 Å². The summed E-state index contributed by atoms with van der Waals surface area (Å²) in [6, 6.07) is 6.21.